The van der Waals surface area contributed by atoms with Crippen molar-refractivity contribution in [3.8, 4) is 12.3 Å². The van der Waals surface area contributed by atoms with Gasteiger partial charge in [0.05, 0.1) is 12.4 Å². The molecule has 1 saturated heterocycles. The second kappa shape index (κ2) is 12.7. The number of hydrogen-bond acceptors (Lipinski definition) is 12. The van der Waals surface area contributed by atoms with Crippen molar-refractivity contribution in [2.75, 3.05) is 17.7 Å². The van der Waals surface area contributed by atoms with E-state index in [9.17, 15) is 14.5 Å². The molecule has 2 fully saturated rings. The number of nitrogens with two attached hydrogens (primary N) is 1. The number of nitrogens with zero attached hydrogens (tertiary/aromatic N) is 5. The summed E-state index contributed by atoms with van der Waals surface area (Å²) in [4.78, 5) is 26.1. The molecule has 1 unspecified atom stereocenters. The summed E-state index contributed by atoms with van der Waals surface area (Å²) < 4.78 is 48.9. The summed E-state index contributed by atoms with van der Waals surface area (Å²) in [5.74, 6) is 1.72. The molecule has 2 aliphatic rings. The maximum absolute atomic E-state index is 16.2. The number of halogens is 1. The van der Waals surface area contributed by atoms with Gasteiger partial charge in [-0.15, -0.1) is 10.9 Å². The summed E-state index contributed by atoms with van der Waals surface area (Å²) in [5, 5.41) is 14.2. The zero-order chi connectivity index (χ0) is 30.9. The minimum absolute atomic E-state index is 0.0703. The highest BCUT2D eigenvalue weighted by molar-refractivity contribution is 8.00. The maximum atomic E-state index is 16.2. The van der Waals surface area contributed by atoms with Gasteiger partial charge >= 0.3 is 14.1 Å². The van der Waals surface area contributed by atoms with Crippen LogP contribution in [-0.2, 0) is 23.4 Å². The van der Waals surface area contributed by atoms with Gasteiger partial charge in [-0.05, 0) is 50.3 Å². The first-order valence-electron chi connectivity index (χ1n) is 13.6. The number of ether oxygens (including phenoxy) is 2. The quantitative estimate of drug-likeness (QED) is 0.115. The summed E-state index contributed by atoms with van der Waals surface area (Å²) >= 11 is 1.03. The number of terminal acetylenes is 1. The van der Waals surface area contributed by atoms with Crippen molar-refractivity contribution in [1.82, 2.24) is 23.6 Å². The molecule has 4 N–H and O–H groups in total. The van der Waals surface area contributed by atoms with Crippen LogP contribution in [0.3, 0.4) is 0 Å². The third-order valence-corrected chi connectivity index (χ3v) is 9.42. The van der Waals surface area contributed by atoms with E-state index in [2.05, 4.69) is 20.3 Å². The Morgan fingerprint density at radius 2 is 2.09 bits per heavy atom. The Balaban J connectivity index is 1.35. The van der Waals surface area contributed by atoms with Crippen LogP contribution in [0.5, 0.6) is 0 Å². The van der Waals surface area contributed by atoms with Gasteiger partial charge in [0, 0.05) is 27.0 Å². The van der Waals surface area contributed by atoms with E-state index < -0.39 is 57.0 Å². The first kappa shape index (κ1) is 31.1. The number of alkyl halides is 1. The van der Waals surface area contributed by atoms with Gasteiger partial charge in [-0.1, -0.05) is 24.1 Å². The number of benzene rings is 1. The van der Waals surface area contributed by atoms with Gasteiger partial charge in [-0.3, -0.25) is 9.36 Å². The molecule has 3 aromatic rings. The van der Waals surface area contributed by atoms with Crippen molar-refractivity contribution < 1.29 is 32.9 Å². The van der Waals surface area contributed by atoms with Crippen LogP contribution in [0.1, 0.15) is 39.8 Å². The largest absolute Gasteiger partial charge is 0.627 e. The average Bonchev–Trinajstić information content (AvgIpc) is 3.64. The first-order chi connectivity index (χ1) is 20.5. The molecule has 5 rings (SSSR count). The Hall–Kier alpha value is -3.38. The predicted octanol–water partition coefficient (Wildman–Crippen LogP) is 3.61. The van der Waals surface area contributed by atoms with Gasteiger partial charge in [0.2, 0.25) is 11.6 Å². The van der Waals surface area contributed by atoms with Crippen LogP contribution in [0.2, 0.25) is 0 Å². The van der Waals surface area contributed by atoms with Crippen molar-refractivity contribution in [2.45, 2.75) is 80.8 Å². The van der Waals surface area contributed by atoms with Crippen LogP contribution in [0.15, 0.2) is 41.6 Å². The molecular weight excluding hydrogens is 600 g/mol. The van der Waals surface area contributed by atoms with Gasteiger partial charge in [-0.25, -0.2) is 9.37 Å². The Morgan fingerprint density at radius 3 is 2.74 bits per heavy atom. The number of aromatic nitrogens is 4. The van der Waals surface area contributed by atoms with Gasteiger partial charge < -0.3 is 25.6 Å². The van der Waals surface area contributed by atoms with E-state index in [1.807, 2.05) is 12.0 Å². The fourth-order valence-electron chi connectivity index (χ4n) is 4.40. The average molecular weight is 633 g/mol. The van der Waals surface area contributed by atoms with Crippen LogP contribution in [-0.4, -0.2) is 77.3 Å². The lowest BCUT2D eigenvalue weighted by Crippen LogP contribution is -2.42. The van der Waals surface area contributed by atoms with Crippen molar-refractivity contribution >= 4 is 49.0 Å². The number of nitrogens with one attached hydrogen (secondary N) is 1. The number of carbonyl (C=O) groups excluding carboxylic acids is 1. The molecule has 2 aromatic heterocycles. The predicted molar refractivity (Wildman–Crippen MR) is 157 cm³/mol. The molecule has 3 heterocycles. The van der Waals surface area contributed by atoms with Gasteiger partial charge in [0.1, 0.15) is 18.8 Å². The molecule has 0 radical (unpaired) electrons. The summed E-state index contributed by atoms with van der Waals surface area (Å²) in [6.07, 6.45) is 3.62. The number of imidazole rings is 1. The fourth-order valence-corrected chi connectivity index (χ4v) is 6.59. The number of aliphatic hydroxyl groups is 1. The van der Waals surface area contributed by atoms with E-state index in [4.69, 9.17) is 26.2 Å². The molecule has 6 atom stereocenters. The van der Waals surface area contributed by atoms with E-state index in [-0.39, 0.29) is 17.6 Å². The number of aliphatic hydroxyl groups excluding tert-OH is 1. The highest BCUT2D eigenvalue weighted by Crippen LogP contribution is 2.46. The Bertz CT molecular complexity index is 1540. The third-order valence-electron chi connectivity index (χ3n) is 6.75. The number of carbonyl (C=O) groups is 1. The van der Waals surface area contributed by atoms with Crippen molar-refractivity contribution in [3.05, 3.63) is 36.7 Å². The summed E-state index contributed by atoms with van der Waals surface area (Å²) in [6, 6.07) is 8.20. The Labute approximate surface area is 252 Å². The van der Waals surface area contributed by atoms with E-state index in [1.165, 1.54) is 21.9 Å². The molecule has 43 heavy (non-hydrogen) atoms. The van der Waals surface area contributed by atoms with Crippen molar-refractivity contribution in [3.63, 3.8) is 0 Å². The molecule has 16 heteroatoms. The maximum Gasteiger partial charge on any atom is 0.627 e. The van der Waals surface area contributed by atoms with E-state index in [1.54, 1.807) is 38.1 Å². The molecular formula is C27H32FN7O6PS+. The van der Waals surface area contributed by atoms with Crippen LogP contribution in [0, 0.1) is 12.3 Å². The lowest BCUT2D eigenvalue weighted by atomic mass is 9.97. The third kappa shape index (κ3) is 6.59. The molecule has 13 nitrogen and oxygen atoms in total. The van der Waals surface area contributed by atoms with Crippen molar-refractivity contribution in [1.29, 1.82) is 0 Å². The van der Waals surface area contributed by atoms with Gasteiger partial charge in [0.15, 0.2) is 29.3 Å². The van der Waals surface area contributed by atoms with Crippen molar-refractivity contribution in [2.24, 2.45) is 0 Å². The number of esters is 1. The molecule has 0 bridgehead atoms. The minimum Gasteiger partial charge on any atom is -0.462 e. The molecule has 0 spiro atoms. The molecule has 1 saturated carbocycles. The highest BCUT2D eigenvalue weighted by Gasteiger charge is 2.59. The number of rotatable bonds is 12. The normalized spacial score (nSPS) is 24.7. The topological polar surface area (TPSA) is 167 Å². The lowest BCUT2D eigenvalue weighted by Gasteiger charge is -2.23. The number of nitrogen functional groups attached to an aromatic ring is 1. The summed E-state index contributed by atoms with van der Waals surface area (Å²) in [7, 11) is -2.72. The van der Waals surface area contributed by atoms with Gasteiger partial charge in [0.25, 0.3) is 0 Å². The second-order valence-electron chi connectivity index (χ2n) is 10.5. The number of fused-ring (bicyclic) bond motifs is 1. The zero-order valence-corrected chi connectivity index (χ0v) is 25.4. The SMILES string of the molecule is C#C[C@@]1(F)[C@H](O)[C@@H](CO[P+](=O)N(Sc2ccccc2)[C@H](C)C(=O)OC(C)C)O[C@H]1n1cnc2c(NC3CC3)nc(N)nc21. The summed E-state index contributed by atoms with van der Waals surface area (Å²) in [6.45, 7) is 4.42. The smallest absolute Gasteiger partial charge is 0.462 e. The second-order valence-corrected chi connectivity index (χ2v) is 12.9. The fraction of sp³-hybridized carbons (Fsp3) is 0.481. The van der Waals surface area contributed by atoms with Crippen LogP contribution >= 0.6 is 20.1 Å². The first-order valence-corrected chi connectivity index (χ1v) is 15.5. The van der Waals surface area contributed by atoms with E-state index in [0.717, 1.165) is 24.8 Å². The molecule has 0 amide bonds. The number of anilines is 2. The lowest BCUT2D eigenvalue weighted by molar-refractivity contribution is -0.150. The molecule has 1 aliphatic carbocycles. The molecule has 1 aliphatic heterocycles. The standard InChI is InChI=1S/C27H32FN7O6PS/c1-5-27(28)21(36)19(41-25(27)34-14-30-20-22(31-17-11-12-17)32-26(29)33-23(20)34)13-39-42(38)35(16(4)24(37)40-15(2)3)43-18-9-7-6-8-10-18/h1,6-10,14-17,19,21,25,36H,11-13H2,2-4H3,(H3,29,31,32,33)/q+1/t16-,19-,21-,25-,27-/m1/s1. The summed E-state index contributed by atoms with van der Waals surface area (Å²) in [5.41, 5.74) is 3.67. The zero-order valence-electron chi connectivity index (χ0n) is 23.7. The Kier molecular flexibility index (Phi) is 9.17. The van der Waals surface area contributed by atoms with Crippen LogP contribution in [0.25, 0.3) is 11.2 Å². The minimum atomic E-state index is -2.73. The van der Waals surface area contributed by atoms with Gasteiger partial charge in [-0.2, -0.15) is 9.97 Å². The van der Waals surface area contributed by atoms with Crippen LogP contribution in [0.4, 0.5) is 16.2 Å². The van der Waals surface area contributed by atoms with E-state index >= 15 is 4.39 Å². The monoisotopic (exact) mass is 632 g/mol. The molecule has 228 valence electrons. The molecule has 1 aromatic carbocycles. The highest BCUT2D eigenvalue weighted by atomic mass is 32.2. The number of hydrogen-bond donors (Lipinski definition) is 3. The van der Waals surface area contributed by atoms with E-state index in [0.29, 0.717) is 16.2 Å². The Morgan fingerprint density at radius 1 is 1.37 bits per heavy atom. The van der Waals surface area contributed by atoms with Crippen LogP contribution < -0.4 is 11.1 Å².